The van der Waals surface area contributed by atoms with Crippen molar-refractivity contribution in [1.82, 2.24) is 25.1 Å². The maximum atomic E-state index is 11.8. The Hall–Kier alpha value is -1.37. The number of carbonyl (C=O) groups is 1. The van der Waals surface area contributed by atoms with Gasteiger partial charge in [-0.1, -0.05) is 6.08 Å². The van der Waals surface area contributed by atoms with Gasteiger partial charge in [0.1, 0.15) is 5.82 Å². The van der Waals surface area contributed by atoms with Crippen LogP contribution in [0.2, 0.25) is 0 Å². The zero-order valence-electron chi connectivity index (χ0n) is 11.7. The molecule has 0 spiro atoms. The van der Waals surface area contributed by atoms with Gasteiger partial charge < -0.3 is 15.2 Å². The van der Waals surface area contributed by atoms with Gasteiger partial charge in [0.15, 0.2) is 0 Å². The summed E-state index contributed by atoms with van der Waals surface area (Å²) in [5.74, 6) is 1.02. The van der Waals surface area contributed by atoms with E-state index in [4.69, 9.17) is 0 Å². The molecule has 1 unspecified atom stereocenters. The summed E-state index contributed by atoms with van der Waals surface area (Å²) in [7, 11) is 1.98. The molecule has 1 amide bonds. The van der Waals surface area contributed by atoms with Crippen LogP contribution in [-0.4, -0.2) is 53.1 Å². The molecular weight excluding hydrogens is 278 g/mol. The molecule has 1 aromatic rings. The Balaban J connectivity index is 0.00000200. The molecule has 20 heavy (non-hydrogen) atoms. The molecule has 7 heteroatoms. The summed E-state index contributed by atoms with van der Waals surface area (Å²) in [5, 5.41) is 6.17. The zero-order chi connectivity index (χ0) is 13.7. The minimum atomic E-state index is 0. The van der Waals surface area contributed by atoms with Gasteiger partial charge in [0, 0.05) is 45.6 Å². The van der Waals surface area contributed by atoms with Crippen LogP contribution in [-0.2, 0) is 11.8 Å². The molecule has 0 aromatic carbocycles. The highest BCUT2D eigenvalue weighted by Crippen LogP contribution is 2.19. The van der Waals surface area contributed by atoms with Crippen molar-refractivity contribution in [1.29, 1.82) is 0 Å². The maximum absolute atomic E-state index is 11.8. The van der Waals surface area contributed by atoms with Gasteiger partial charge in [-0.15, -0.1) is 19.0 Å². The average Bonchev–Trinajstić information content (AvgIpc) is 2.83. The highest BCUT2D eigenvalue weighted by Gasteiger charge is 2.27. The molecule has 0 saturated carbocycles. The fourth-order valence-corrected chi connectivity index (χ4v) is 2.31. The fraction of sp³-hybridized carbons (Fsp3) is 0.538. The van der Waals surface area contributed by atoms with Gasteiger partial charge in [-0.2, -0.15) is 0 Å². The van der Waals surface area contributed by atoms with Crippen LogP contribution in [0, 0.1) is 0 Å². The monoisotopic (exact) mass is 299 g/mol. The van der Waals surface area contributed by atoms with E-state index in [1.54, 1.807) is 12.3 Å². The molecule has 6 nitrogen and oxygen atoms in total. The number of amides is 1. The number of piperazine rings is 1. The van der Waals surface area contributed by atoms with Gasteiger partial charge in [-0.05, 0) is 0 Å². The molecule has 1 atom stereocenters. The topological polar surface area (TPSA) is 62.2 Å². The summed E-state index contributed by atoms with van der Waals surface area (Å²) >= 11 is 0. The lowest BCUT2D eigenvalue weighted by Gasteiger charge is -2.35. The Bertz CT molecular complexity index is 448. The highest BCUT2D eigenvalue weighted by atomic mass is 35.5. The molecular formula is C13H22ClN5O. The van der Waals surface area contributed by atoms with Crippen LogP contribution in [0.1, 0.15) is 11.9 Å². The highest BCUT2D eigenvalue weighted by molar-refractivity contribution is 5.85. The minimum Gasteiger partial charge on any atom is -0.352 e. The normalized spacial score (nSPS) is 19.1. The average molecular weight is 300 g/mol. The standard InChI is InChI=1S/C13H21N5O.ClH/c1-3-4-15-12(19)10-18-8-5-14-9-11(18)13-16-6-7-17(13)2;/h3,6-7,11,14H,1,4-5,8-10H2,2H3,(H,15,19);1H. The Kier molecular flexibility index (Phi) is 6.70. The van der Waals surface area contributed by atoms with Crippen molar-refractivity contribution in [2.24, 2.45) is 7.05 Å². The number of halogens is 1. The minimum absolute atomic E-state index is 0. The van der Waals surface area contributed by atoms with E-state index >= 15 is 0 Å². The van der Waals surface area contributed by atoms with Crippen molar-refractivity contribution in [2.45, 2.75) is 6.04 Å². The van der Waals surface area contributed by atoms with Gasteiger partial charge in [0.2, 0.25) is 5.91 Å². The number of nitrogens with one attached hydrogen (secondary N) is 2. The summed E-state index contributed by atoms with van der Waals surface area (Å²) < 4.78 is 2.01. The van der Waals surface area contributed by atoms with E-state index in [9.17, 15) is 4.79 Å². The molecule has 1 aliphatic heterocycles. The van der Waals surface area contributed by atoms with Gasteiger partial charge >= 0.3 is 0 Å². The predicted molar refractivity (Wildman–Crippen MR) is 80.8 cm³/mol. The van der Waals surface area contributed by atoms with Crippen molar-refractivity contribution in [3.63, 3.8) is 0 Å². The van der Waals surface area contributed by atoms with E-state index in [1.165, 1.54) is 0 Å². The van der Waals surface area contributed by atoms with Crippen LogP contribution >= 0.6 is 12.4 Å². The third kappa shape index (κ3) is 4.06. The Morgan fingerprint density at radius 2 is 2.50 bits per heavy atom. The van der Waals surface area contributed by atoms with Crippen molar-refractivity contribution in [3.05, 3.63) is 30.9 Å². The molecule has 1 saturated heterocycles. The third-order valence-corrected chi connectivity index (χ3v) is 3.30. The molecule has 1 aliphatic rings. The number of hydrogen-bond acceptors (Lipinski definition) is 4. The molecule has 0 aliphatic carbocycles. The molecule has 1 fully saturated rings. The maximum Gasteiger partial charge on any atom is 0.234 e. The Labute approximate surface area is 125 Å². The number of aryl methyl sites for hydroxylation is 1. The number of nitrogens with zero attached hydrogens (tertiary/aromatic N) is 3. The molecule has 0 radical (unpaired) electrons. The number of carbonyl (C=O) groups excluding carboxylic acids is 1. The number of hydrogen-bond donors (Lipinski definition) is 2. The smallest absolute Gasteiger partial charge is 0.234 e. The first-order chi connectivity index (χ1) is 9.22. The van der Waals surface area contributed by atoms with Gasteiger partial charge in [-0.25, -0.2) is 4.98 Å². The van der Waals surface area contributed by atoms with E-state index in [0.29, 0.717) is 13.1 Å². The molecule has 1 aromatic heterocycles. The molecule has 2 rings (SSSR count). The van der Waals surface area contributed by atoms with E-state index in [0.717, 1.165) is 25.5 Å². The van der Waals surface area contributed by atoms with Crippen LogP contribution in [0.25, 0.3) is 0 Å². The number of imidazole rings is 1. The van der Waals surface area contributed by atoms with E-state index < -0.39 is 0 Å². The second kappa shape index (κ2) is 8.04. The second-order valence-electron chi connectivity index (χ2n) is 4.68. The van der Waals surface area contributed by atoms with E-state index in [1.807, 2.05) is 17.8 Å². The van der Waals surface area contributed by atoms with Gasteiger partial charge in [0.05, 0.1) is 12.6 Å². The molecule has 0 bridgehead atoms. The summed E-state index contributed by atoms with van der Waals surface area (Å²) in [6.45, 7) is 7.07. The quantitative estimate of drug-likeness (QED) is 0.757. The first-order valence-corrected chi connectivity index (χ1v) is 6.52. The SMILES string of the molecule is C=CCNC(=O)CN1CCNCC1c1nccn1C.Cl. The summed E-state index contributed by atoms with van der Waals surface area (Å²) in [5.41, 5.74) is 0. The summed E-state index contributed by atoms with van der Waals surface area (Å²) in [4.78, 5) is 18.4. The fourth-order valence-electron chi connectivity index (χ4n) is 2.31. The van der Waals surface area contributed by atoms with Gasteiger partial charge in [-0.3, -0.25) is 9.69 Å². The van der Waals surface area contributed by atoms with Crippen molar-refractivity contribution in [2.75, 3.05) is 32.7 Å². The Morgan fingerprint density at radius 3 is 3.15 bits per heavy atom. The largest absolute Gasteiger partial charge is 0.352 e. The lowest BCUT2D eigenvalue weighted by Crippen LogP contribution is -2.50. The summed E-state index contributed by atoms with van der Waals surface area (Å²) in [6.07, 6.45) is 5.41. The molecule has 112 valence electrons. The van der Waals surface area contributed by atoms with Crippen molar-refractivity contribution in [3.8, 4) is 0 Å². The van der Waals surface area contributed by atoms with Crippen LogP contribution in [0.4, 0.5) is 0 Å². The number of aromatic nitrogens is 2. The van der Waals surface area contributed by atoms with Crippen molar-refractivity contribution < 1.29 is 4.79 Å². The van der Waals surface area contributed by atoms with Gasteiger partial charge in [0.25, 0.3) is 0 Å². The summed E-state index contributed by atoms with van der Waals surface area (Å²) in [6, 6.07) is 0.142. The lowest BCUT2D eigenvalue weighted by molar-refractivity contribution is -0.122. The van der Waals surface area contributed by atoms with Crippen LogP contribution in [0.3, 0.4) is 0 Å². The molecule has 2 N–H and O–H groups in total. The third-order valence-electron chi connectivity index (χ3n) is 3.30. The first-order valence-electron chi connectivity index (χ1n) is 6.52. The zero-order valence-corrected chi connectivity index (χ0v) is 12.5. The predicted octanol–water partition coefficient (Wildman–Crippen LogP) is 0.0904. The van der Waals surface area contributed by atoms with Crippen LogP contribution in [0.5, 0.6) is 0 Å². The molecule has 2 heterocycles. The van der Waals surface area contributed by atoms with Crippen LogP contribution < -0.4 is 10.6 Å². The number of rotatable bonds is 5. The van der Waals surface area contributed by atoms with E-state index in [2.05, 4.69) is 27.1 Å². The lowest BCUT2D eigenvalue weighted by atomic mass is 10.1. The Morgan fingerprint density at radius 1 is 1.70 bits per heavy atom. The first kappa shape index (κ1) is 16.7. The van der Waals surface area contributed by atoms with Crippen LogP contribution in [0.15, 0.2) is 25.0 Å². The van der Waals surface area contributed by atoms with E-state index in [-0.39, 0.29) is 24.4 Å². The van der Waals surface area contributed by atoms with Crippen molar-refractivity contribution >= 4 is 18.3 Å². The second-order valence-corrected chi connectivity index (χ2v) is 4.68.